The Bertz CT molecular complexity index is 1160. The summed E-state index contributed by atoms with van der Waals surface area (Å²) in [6.07, 6.45) is 0. The molecule has 0 aliphatic rings. The second-order valence-electron chi connectivity index (χ2n) is 6.87. The van der Waals surface area contributed by atoms with E-state index in [9.17, 15) is 17.6 Å². The average molecular weight is 484 g/mol. The smallest absolute Gasteiger partial charge is 0.244 e. The Morgan fingerprint density at radius 2 is 1.77 bits per heavy atom. The van der Waals surface area contributed by atoms with Crippen LogP contribution in [0.25, 0.3) is 10.2 Å². The maximum absolute atomic E-state index is 13.2. The molecule has 1 heterocycles. The van der Waals surface area contributed by atoms with E-state index in [1.807, 2.05) is 19.9 Å². The van der Waals surface area contributed by atoms with Crippen LogP contribution < -0.4 is 4.90 Å². The van der Waals surface area contributed by atoms with Crippen molar-refractivity contribution in [2.45, 2.75) is 18.7 Å². The van der Waals surface area contributed by atoms with Gasteiger partial charge in [0.2, 0.25) is 5.91 Å². The van der Waals surface area contributed by atoms with Crippen molar-refractivity contribution >= 4 is 54.0 Å². The lowest BCUT2D eigenvalue weighted by atomic mass is 10.3. The Hall–Kier alpha value is -2.07. The third kappa shape index (κ3) is 5.60. The van der Waals surface area contributed by atoms with Crippen molar-refractivity contribution in [3.05, 3.63) is 53.3 Å². The molecule has 0 fully saturated rings. The fraction of sp³-hybridized carbons (Fsp3) is 0.333. The van der Waals surface area contributed by atoms with Gasteiger partial charge in [0.25, 0.3) is 0 Å². The molecule has 0 saturated heterocycles. The van der Waals surface area contributed by atoms with Crippen molar-refractivity contribution in [1.82, 2.24) is 9.88 Å². The number of carbonyl (C=O) groups excluding carboxylic acids is 1. The van der Waals surface area contributed by atoms with E-state index in [-0.39, 0.29) is 11.4 Å². The average Bonchev–Trinajstić information content (AvgIpc) is 3.16. The fourth-order valence-corrected chi connectivity index (χ4v) is 5.60. The molecule has 1 amide bonds. The Morgan fingerprint density at radius 3 is 2.39 bits per heavy atom. The second-order valence-corrected chi connectivity index (χ2v) is 10.3. The number of thiazole rings is 1. The molecule has 10 heteroatoms. The maximum Gasteiger partial charge on any atom is 0.244 e. The van der Waals surface area contributed by atoms with E-state index in [0.717, 1.165) is 42.1 Å². The Labute approximate surface area is 190 Å². The second kappa shape index (κ2) is 10.0. The van der Waals surface area contributed by atoms with Gasteiger partial charge in [-0.2, -0.15) is 0 Å². The van der Waals surface area contributed by atoms with Gasteiger partial charge in [-0.25, -0.2) is 17.8 Å². The number of sulfone groups is 1. The number of aromatic nitrogens is 1. The zero-order valence-corrected chi connectivity index (χ0v) is 19.6. The number of rotatable bonds is 9. The lowest BCUT2D eigenvalue weighted by molar-refractivity contribution is -0.116. The maximum atomic E-state index is 13.2. The van der Waals surface area contributed by atoms with Gasteiger partial charge in [-0.05, 0) is 49.5 Å². The quantitative estimate of drug-likeness (QED) is 0.426. The molecule has 6 nitrogen and oxygen atoms in total. The summed E-state index contributed by atoms with van der Waals surface area (Å²) in [6.45, 7) is 6.50. The normalized spacial score (nSPS) is 11.9. The van der Waals surface area contributed by atoms with E-state index in [0.29, 0.717) is 22.2 Å². The lowest BCUT2D eigenvalue weighted by Crippen LogP contribution is -2.41. The van der Waals surface area contributed by atoms with Crippen LogP contribution in [0.2, 0.25) is 5.02 Å². The van der Waals surface area contributed by atoms with Gasteiger partial charge in [0, 0.05) is 13.1 Å². The van der Waals surface area contributed by atoms with Crippen molar-refractivity contribution in [2.75, 3.05) is 36.8 Å². The first-order chi connectivity index (χ1) is 14.7. The summed E-state index contributed by atoms with van der Waals surface area (Å²) < 4.78 is 39.5. The summed E-state index contributed by atoms with van der Waals surface area (Å²) in [5.74, 6) is -1.87. The summed E-state index contributed by atoms with van der Waals surface area (Å²) in [7, 11) is -3.94. The molecule has 0 bridgehead atoms. The van der Waals surface area contributed by atoms with Gasteiger partial charge in [-0.15, -0.1) is 0 Å². The van der Waals surface area contributed by atoms with Crippen molar-refractivity contribution in [1.29, 1.82) is 0 Å². The minimum atomic E-state index is -3.94. The van der Waals surface area contributed by atoms with Gasteiger partial charge in [0.15, 0.2) is 15.0 Å². The summed E-state index contributed by atoms with van der Waals surface area (Å²) in [4.78, 5) is 21.1. The number of halogens is 2. The number of carbonyl (C=O) groups is 1. The summed E-state index contributed by atoms with van der Waals surface area (Å²) in [6, 6.07) is 9.81. The molecule has 3 aromatic rings. The highest BCUT2D eigenvalue weighted by atomic mass is 35.5. The van der Waals surface area contributed by atoms with Crippen LogP contribution in [0.1, 0.15) is 13.8 Å². The SMILES string of the molecule is CCN(CC)CCN(C(=O)CS(=O)(=O)c1ccc(F)cc1)c1nc2c(Cl)cccc2s1. The topological polar surface area (TPSA) is 70.6 Å². The number of benzene rings is 2. The largest absolute Gasteiger partial charge is 0.302 e. The Kier molecular flexibility index (Phi) is 7.64. The van der Waals surface area contributed by atoms with Gasteiger partial charge in [0.1, 0.15) is 17.1 Å². The van der Waals surface area contributed by atoms with Crippen LogP contribution in [-0.2, 0) is 14.6 Å². The van der Waals surface area contributed by atoms with E-state index in [1.54, 1.807) is 12.1 Å². The molecule has 0 aliphatic heterocycles. The molecule has 0 aliphatic carbocycles. The Morgan fingerprint density at radius 1 is 1.10 bits per heavy atom. The number of nitrogens with zero attached hydrogens (tertiary/aromatic N) is 3. The highest BCUT2D eigenvalue weighted by molar-refractivity contribution is 7.92. The van der Waals surface area contributed by atoms with Gasteiger partial charge >= 0.3 is 0 Å². The third-order valence-electron chi connectivity index (χ3n) is 4.91. The van der Waals surface area contributed by atoms with Crippen molar-refractivity contribution in [3.8, 4) is 0 Å². The van der Waals surface area contributed by atoms with Crippen LogP contribution in [0, 0.1) is 5.82 Å². The van der Waals surface area contributed by atoms with Gasteiger partial charge < -0.3 is 4.90 Å². The summed E-state index contributed by atoms with van der Waals surface area (Å²) in [5.41, 5.74) is 0.575. The van der Waals surface area contributed by atoms with Gasteiger partial charge in [-0.1, -0.05) is 42.9 Å². The molecule has 2 aromatic carbocycles. The van der Waals surface area contributed by atoms with Crippen molar-refractivity contribution in [2.24, 2.45) is 0 Å². The van der Waals surface area contributed by atoms with E-state index < -0.39 is 27.3 Å². The third-order valence-corrected chi connectivity index (χ3v) is 7.88. The van der Waals surface area contributed by atoms with Crippen LogP contribution in [-0.4, -0.2) is 56.1 Å². The molecule has 0 saturated carbocycles. The predicted octanol–water partition coefficient (Wildman–Crippen LogP) is 4.24. The van der Waals surface area contributed by atoms with Crippen LogP contribution in [0.3, 0.4) is 0 Å². The highest BCUT2D eigenvalue weighted by Crippen LogP contribution is 2.33. The summed E-state index contributed by atoms with van der Waals surface area (Å²) in [5, 5.41) is 0.865. The van der Waals surface area contributed by atoms with Crippen LogP contribution in [0.15, 0.2) is 47.4 Å². The molecule has 3 rings (SSSR count). The molecule has 0 radical (unpaired) electrons. The highest BCUT2D eigenvalue weighted by Gasteiger charge is 2.27. The van der Waals surface area contributed by atoms with E-state index in [4.69, 9.17) is 11.6 Å². The first kappa shape index (κ1) is 23.6. The zero-order valence-electron chi connectivity index (χ0n) is 17.2. The van der Waals surface area contributed by atoms with E-state index in [1.165, 1.54) is 16.2 Å². The zero-order chi connectivity index (χ0) is 22.6. The van der Waals surface area contributed by atoms with E-state index >= 15 is 0 Å². The molecular formula is C21H23ClFN3O3S2. The molecule has 31 heavy (non-hydrogen) atoms. The van der Waals surface area contributed by atoms with Gasteiger partial charge in [0.05, 0.1) is 14.6 Å². The number of amides is 1. The van der Waals surface area contributed by atoms with Crippen LogP contribution in [0.4, 0.5) is 9.52 Å². The van der Waals surface area contributed by atoms with Gasteiger partial charge in [-0.3, -0.25) is 9.69 Å². The Balaban J connectivity index is 1.91. The summed E-state index contributed by atoms with van der Waals surface area (Å²) >= 11 is 7.52. The molecule has 1 aromatic heterocycles. The number of likely N-dealkylation sites (N-methyl/N-ethyl adjacent to an activating group) is 1. The number of hydrogen-bond donors (Lipinski definition) is 0. The lowest BCUT2D eigenvalue weighted by Gasteiger charge is -2.24. The number of anilines is 1. The van der Waals surface area contributed by atoms with Crippen LogP contribution >= 0.6 is 22.9 Å². The molecule has 0 spiro atoms. The molecule has 0 atom stereocenters. The van der Waals surface area contributed by atoms with Crippen molar-refractivity contribution < 1.29 is 17.6 Å². The molecular weight excluding hydrogens is 461 g/mol. The first-order valence-electron chi connectivity index (χ1n) is 9.81. The first-order valence-corrected chi connectivity index (χ1v) is 12.7. The minimum absolute atomic E-state index is 0.0988. The standard InChI is InChI=1S/C21H23ClFN3O3S2/c1-3-25(4-2)12-13-26(21-24-20-17(22)6-5-7-18(20)30-21)19(27)14-31(28,29)16-10-8-15(23)9-11-16/h5-11H,3-4,12-14H2,1-2H3. The molecule has 0 unspecified atom stereocenters. The minimum Gasteiger partial charge on any atom is -0.302 e. The van der Waals surface area contributed by atoms with E-state index in [2.05, 4.69) is 9.88 Å². The molecule has 0 N–H and O–H groups in total. The monoisotopic (exact) mass is 483 g/mol. The van der Waals surface area contributed by atoms with Crippen molar-refractivity contribution in [3.63, 3.8) is 0 Å². The number of fused-ring (bicyclic) bond motifs is 1. The number of hydrogen-bond acceptors (Lipinski definition) is 6. The predicted molar refractivity (Wildman–Crippen MR) is 123 cm³/mol. The molecule has 166 valence electrons. The van der Waals surface area contributed by atoms with Crippen LogP contribution in [0.5, 0.6) is 0 Å². The number of para-hydroxylation sites is 1. The fourth-order valence-electron chi connectivity index (χ4n) is 3.09.